The van der Waals surface area contributed by atoms with Gasteiger partial charge in [0.15, 0.2) is 0 Å². The summed E-state index contributed by atoms with van der Waals surface area (Å²) < 4.78 is 0. The average molecular weight is 389 g/mol. The second-order valence-corrected chi connectivity index (χ2v) is 10.2. The van der Waals surface area contributed by atoms with Gasteiger partial charge in [-0.15, -0.1) is 0 Å². The van der Waals surface area contributed by atoms with Crippen molar-refractivity contribution in [3.05, 3.63) is 0 Å². The molecular weight excluding hydrogens is 352 g/mol. The van der Waals surface area contributed by atoms with E-state index in [9.17, 15) is 9.59 Å². The Kier molecular flexibility index (Phi) is 5.18. The molecule has 156 valence electrons. The second-order valence-electron chi connectivity index (χ2n) is 10.2. The monoisotopic (exact) mass is 388 g/mol. The van der Waals surface area contributed by atoms with Crippen LogP contribution in [0.3, 0.4) is 0 Å². The smallest absolute Gasteiger partial charge is 0.139 e. The Labute approximate surface area is 168 Å². The normalized spacial score (nSPS) is 46.9. The fourth-order valence-corrected chi connectivity index (χ4v) is 7.69. The van der Waals surface area contributed by atoms with Crippen LogP contribution in [0.2, 0.25) is 0 Å². The molecule has 4 aliphatic carbocycles. The summed E-state index contributed by atoms with van der Waals surface area (Å²) >= 11 is 0. The number of oxime groups is 1. The van der Waals surface area contributed by atoms with E-state index in [0.717, 1.165) is 44.2 Å². The molecule has 0 spiro atoms. The highest BCUT2D eigenvalue weighted by atomic mass is 16.6. The molecule has 5 nitrogen and oxygen atoms in total. The second kappa shape index (κ2) is 7.23. The van der Waals surface area contributed by atoms with E-state index >= 15 is 0 Å². The molecule has 7 atom stereocenters. The lowest BCUT2D eigenvalue weighted by Gasteiger charge is -2.60. The van der Waals surface area contributed by atoms with Crippen molar-refractivity contribution in [2.75, 3.05) is 13.2 Å². The van der Waals surface area contributed by atoms with Gasteiger partial charge in [0.1, 0.15) is 18.2 Å². The topological polar surface area (TPSA) is 81.8 Å². The van der Waals surface area contributed by atoms with Gasteiger partial charge in [-0.3, -0.25) is 9.59 Å². The van der Waals surface area contributed by atoms with E-state index in [2.05, 4.69) is 25.9 Å². The zero-order chi connectivity index (χ0) is 20.1. The number of nitrogens with zero attached hydrogens (tertiary/aromatic N) is 1. The zero-order valence-corrected chi connectivity index (χ0v) is 17.7. The van der Waals surface area contributed by atoms with Crippen LogP contribution in [0.25, 0.3) is 0 Å². The lowest BCUT2D eigenvalue weighted by atomic mass is 9.43. The number of hydrogen-bond donors (Lipinski definition) is 1. The van der Waals surface area contributed by atoms with E-state index in [0.29, 0.717) is 55.3 Å². The highest BCUT2D eigenvalue weighted by Crippen LogP contribution is 2.65. The largest absolute Gasteiger partial charge is 0.394 e. The van der Waals surface area contributed by atoms with Crippen molar-refractivity contribution in [1.29, 1.82) is 0 Å². The zero-order valence-electron chi connectivity index (χ0n) is 17.7. The minimum absolute atomic E-state index is 0.0283. The van der Waals surface area contributed by atoms with Crippen molar-refractivity contribution in [2.24, 2.45) is 51.3 Å². The number of fused-ring (bicyclic) bond motifs is 5. The van der Waals surface area contributed by atoms with Crippen molar-refractivity contribution in [2.45, 2.75) is 72.1 Å². The Morgan fingerprint density at radius 1 is 1.14 bits per heavy atom. The van der Waals surface area contributed by atoms with Gasteiger partial charge >= 0.3 is 0 Å². The van der Waals surface area contributed by atoms with Gasteiger partial charge in [0.2, 0.25) is 0 Å². The Morgan fingerprint density at radius 3 is 2.64 bits per heavy atom. The first-order valence-electron chi connectivity index (χ1n) is 11.3. The summed E-state index contributed by atoms with van der Waals surface area (Å²) in [6, 6.07) is 0. The van der Waals surface area contributed by atoms with E-state index in [1.165, 1.54) is 0 Å². The summed E-state index contributed by atoms with van der Waals surface area (Å²) in [5.41, 5.74) is 6.44. The molecule has 4 aliphatic rings. The van der Waals surface area contributed by atoms with Crippen molar-refractivity contribution in [3.8, 4) is 0 Å². The van der Waals surface area contributed by atoms with Gasteiger partial charge in [0, 0.05) is 36.6 Å². The molecule has 0 aliphatic heterocycles. The van der Waals surface area contributed by atoms with Crippen LogP contribution >= 0.6 is 0 Å². The number of carbonyl (C=O) groups is 2. The molecule has 0 amide bonds. The van der Waals surface area contributed by atoms with Gasteiger partial charge in [0.05, 0.1) is 5.71 Å². The molecule has 0 radical (unpaired) electrons. The Morgan fingerprint density at radius 2 is 1.93 bits per heavy atom. The van der Waals surface area contributed by atoms with Crippen molar-refractivity contribution in [3.63, 3.8) is 0 Å². The summed E-state index contributed by atoms with van der Waals surface area (Å²) in [7, 11) is 0. The number of hydrogen-bond acceptors (Lipinski definition) is 5. The van der Waals surface area contributed by atoms with Crippen LogP contribution in [0.1, 0.15) is 72.1 Å². The lowest BCUT2D eigenvalue weighted by molar-refractivity contribution is -0.156. The first-order valence-corrected chi connectivity index (χ1v) is 11.3. The Bertz CT molecular complexity index is 689. The molecule has 4 saturated carbocycles. The third kappa shape index (κ3) is 2.79. The van der Waals surface area contributed by atoms with E-state index in [1.807, 2.05) is 0 Å². The molecular formula is C23H36N2O3. The first-order chi connectivity index (χ1) is 13.4. The number of Topliss-reactive ketones (excluding diaryl/α,β-unsaturated/α-hetero) is 2. The molecule has 0 heterocycles. The van der Waals surface area contributed by atoms with Gasteiger partial charge in [-0.2, -0.15) is 0 Å². The van der Waals surface area contributed by atoms with Crippen LogP contribution in [0, 0.1) is 40.4 Å². The summed E-state index contributed by atoms with van der Waals surface area (Å²) in [4.78, 5) is 31.5. The van der Waals surface area contributed by atoms with E-state index < -0.39 is 0 Å². The molecule has 0 aromatic rings. The minimum atomic E-state index is -0.174. The SMILES string of the molecule is CC[C@H]1/C(=N\OCCN)CC[C@@]2(C)C1C(=O)C[C@@H]1[C@@H]2CC[C@]2(C)C(=O)CC[C@@H]12. The highest BCUT2D eigenvalue weighted by Gasteiger charge is 2.63. The maximum absolute atomic E-state index is 13.5. The Balaban J connectivity index is 1.64. The predicted octanol–water partition coefficient (Wildman–Crippen LogP) is 3.74. The fraction of sp³-hybridized carbons (Fsp3) is 0.870. The number of rotatable bonds is 4. The molecule has 1 unspecified atom stereocenters. The summed E-state index contributed by atoms with van der Waals surface area (Å²) in [6.45, 7) is 7.59. The minimum Gasteiger partial charge on any atom is -0.394 e. The van der Waals surface area contributed by atoms with E-state index in [1.54, 1.807) is 0 Å². The predicted molar refractivity (Wildman–Crippen MR) is 109 cm³/mol. The first kappa shape index (κ1) is 20.1. The van der Waals surface area contributed by atoms with Crippen LogP contribution in [0.4, 0.5) is 0 Å². The highest BCUT2D eigenvalue weighted by molar-refractivity contribution is 5.95. The molecule has 4 rings (SSSR count). The van der Waals surface area contributed by atoms with Gasteiger partial charge < -0.3 is 10.6 Å². The third-order valence-corrected chi connectivity index (χ3v) is 9.07. The average Bonchev–Trinajstić information content (AvgIpc) is 2.97. The number of ketones is 2. The fourth-order valence-electron chi connectivity index (χ4n) is 7.69. The number of nitrogens with two attached hydrogens (primary N) is 1. The van der Waals surface area contributed by atoms with Crippen molar-refractivity contribution in [1.82, 2.24) is 0 Å². The van der Waals surface area contributed by atoms with Crippen LogP contribution in [-0.4, -0.2) is 30.4 Å². The molecule has 0 bridgehead atoms. The quantitative estimate of drug-likeness (QED) is 0.587. The molecule has 0 saturated heterocycles. The molecule has 5 heteroatoms. The Hall–Kier alpha value is -1.23. The number of carbonyl (C=O) groups excluding carboxylic acids is 2. The van der Waals surface area contributed by atoms with Gasteiger partial charge in [-0.05, 0) is 61.7 Å². The van der Waals surface area contributed by atoms with Crippen molar-refractivity contribution < 1.29 is 14.4 Å². The maximum atomic E-state index is 13.5. The summed E-state index contributed by atoms with van der Waals surface area (Å²) in [6.07, 6.45) is 7.30. The van der Waals surface area contributed by atoms with Gasteiger partial charge in [0.25, 0.3) is 0 Å². The van der Waals surface area contributed by atoms with Gasteiger partial charge in [-0.25, -0.2) is 0 Å². The molecule has 2 N–H and O–H groups in total. The van der Waals surface area contributed by atoms with Gasteiger partial charge in [-0.1, -0.05) is 25.9 Å². The molecule has 28 heavy (non-hydrogen) atoms. The van der Waals surface area contributed by atoms with Crippen LogP contribution < -0.4 is 5.73 Å². The van der Waals surface area contributed by atoms with Crippen LogP contribution in [0.15, 0.2) is 5.16 Å². The maximum Gasteiger partial charge on any atom is 0.139 e. The van der Waals surface area contributed by atoms with E-state index in [-0.39, 0.29) is 22.7 Å². The summed E-state index contributed by atoms with van der Waals surface area (Å²) in [5, 5.41) is 4.40. The standard InChI is InChI=1S/C23H36N2O3/c1-4-14-18(25-28-12-11-24)8-10-23(3)17-7-9-22(2)16(5-6-20(22)27)15(17)13-19(26)21(14)23/h14-17,21H,4-13,24H2,1-3H3/b25-18-/t14-,15-,16-,17-,21?,22-,23+/m0/s1. The summed E-state index contributed by atoms with van der Waals surface area (Å²) in [5.74, 6) is 2.44. The van der Waals surface area contributed by atoms with Crippen molar-refractivity contribution >= 4 is 17.3 Å². The molecule has 0 aromatic carbocycles. The molecule has 0 aromatic heterocycles. The third-order valence-electron chi connectivity index (χ3n) is 9.07. The molecule has 4 fully saturated rings. The van der Waals surface area contributed by atoms with Crippen LogP contribution in [-0.2, 0) is 14.4 Å². The van der Waals surface area contributed by atoms with Crippen LogP contribution in [0.5, 0.6) is 0 Å². The van der Waals surface area contributed by atoms with E-state index in [4.69, 9.17) is 10.6 Å². The lowest BCUT2D eigenvalue weighted by Crippen LogP contribution is -2.59.